The second-order valence-corrected chi connectivity index (χ2v) is 9.38. The minimum absolute atomic E-state index is 0.117. The van der Waals surface area contributed by atoms with Crippen molar-refractivity contribution in [2.75, 3.05) is 38.5 Å². The number of likely N-dealkylation sites (N-methyl/N-ethyl adjacent to an activating group) is 1. The molecule has 2 aromatic rings. The molecular formula is C26H35N3O4. The minimum atomic E-state index is -0.497. The van der Waals surface area contributed by atoms with Gasteiger partial charge < -0.3 is 19.3 Å². The van der Waals surface area contributed by atoms with Crippen LogP contribution in [0.4, 0.5) is 15.3 Å². The summed E-state index contributed by atoms with van der Waals surface area (Å²) in [4.78, 5) is 28.5. The molecule has 1 N–H and O–H groups in total. The number of hydrogen-bond donors (Lipinski definition) is 1. The van der Waals surface area contributed by atoms with Gasteiger partial charge in [-0.2, -0.15) is 0 Å². The lowest BCUT2D eigenvalue weighted by Gasteiger charge is -2.33. The highest BCUT2D eigenvalue weighted by atomic mass is 16.6. The summed E-state index contributed by atoms with van der Waals surface area (Å²) in [5.74, 6) is 0. The average Bonchev–Trinajstić information content (AvgIpc) is 2.78. The number of amides is 2. The normalized spacial score (nSPS) is 15.0. The van der Waals surface area contributed by atoms with Crippen LogP contribution in [0.3, 0.4) is 0 Å². The van der Waals surface area contributed by atoms with Crippen LogP contribution in [0.5, 0.6) is 0 Å². The first-order valence-corrected chi connectivity index (χ1v) is 11.5. The van der Waals surface area contributed by atoms with Crippen LogP contribution in [0.15, 0.2) is 54.6 Å². The number of benzene rings is 2. The van der Waals surface area contributed by atoms with E-state index >= 15 is 0 Å². The minimum Gasteiger partial charge on any atom is -0.446 e. The zero-order valence-corrected chi connectivity index (χ0v) is 20.0. The number of nitrogens with one attached hydrogen (secondary N) is 1. The van der Waals surface area contributed by atoms with Gasteiger partial charge in [-0.15, -0.1) is 0 Å². The van der Waals surface area contributed by atoms with Crippen molar-refractivity contribution in [1.82, 2.24) is 9.80 Å². The molecule has 0 saturated carbocycles. The van der Waals surface area contributed by atoms with Gasteiger partial charge in [-0.05, 0) is 45.2 Å². The molecule has 2 amide bonds. The average molecular weight is 454 g/mol. The van der Waals surface area contributed by atoms with E-state index in [9.17, 15) is 9.59 Å². The molecule has 0 bridgehead atoms. The molecule has 2 aromatic carbocycles. The van der Waals surface area contributed by atoms with Crippen molar-refractivity contribution in [3.05, 3.63) is 54.6 Å². The molecule has 0 atom stereocenters. The predicted octanol–water partition coefficient (Wildman–Crippen LogP) is 5.23. The molecule has 0 unspecified atom stereocenters. The molecule has 1 aliphatic heterocycles. The topological polar surface area (TPSA) is 71.1 Å². The zero-order chi connectivity index (χ0) is 23.8. The van der Waals surface area contributed by atoms with E-state index in [1.807, 2.05) is 75.4 Å². The summed E-state index contributed by atoms with van der Waals surface area (Å²) < 4.78 is 11.1. The van der Waals surface area contributed by atoms with E-state index in [-0.39, 0.29) is 12.2 Å². The summed E-state index contributed by atoms with van der Waals surface area (Å²) >= 11 is 0. The highest BCUT2D eigenvalue weighted by molar-refractivity contribution is 5.91. The quantitative estimate of drug-likeness (QED) is 0.648. The Morgan fingerprint density at radius 1 is 1.03 bits per heavy atom. The second-order valence-electron chi connectivity index (χ2n) is 9.38. The fourth-order valence-corrected chi connectivity index (χ4v) is 3.73. The van der Waals surface area contributed by atoms with Crippen LogP contribution in [0.2, 0.25) is 0 Å². The van der Waals surface area contributed by atoms with E-state index in [0.29, 0.717) is 6.54 Å². The summed E-state index contributed by atoms with van der Waals surface area (Å²) in [6, 6.07) is 17.7. The van der Waals surface area contributed by atoms with Crippen LogP contribution >= 0.6 is 0 Å². The number of carbonyl (C=O) groups is 2. The third-order valence-electron chi connectivity index (χ3n) is 5.51. The Morgan fingerprint density at radius 3 is 2.33 bits per heavy atom. The molecule has 1 saturated heterocycles. The van der Waals surface area contributed by atoms with Crippen molar-refractivity contribution in [3.8, 4) is 11.1 Å². The van der Waals surface area contributed by atoms with Crippen molar-refractivity contribution in [3.63, 3.8) is 0 Å². The second kappa shape index (κ2) is 11.2. The largest absolute Gasteiger partial charge is 0.446 e. The van der Waals surface area contributed by atoms with Crippen LogP contribution in [0.25, 0.3) is 11.1 Å². The van der Waals surface area contributed by atoms with Gasteiger partial charge in [0.2, 0.25) is 0 Å². The van der Waals surface area contributed by atoms with Gasteiger partial charge in [-0.3, -0.25) is 5.32 Å². The van der Waals surface area contributed by atoms with Crippen molar-refractivity contribution in [1.29, 1.82) is 0 Å². The smallest absolute Gasteiger partial charge is 0.411 e. The zero-order valence-electron chi connectivity index (χ0n) is 20.0. The molecule has 7 heteroatoms. The molecule has 0 aliphatic carbocycles. The highest BCUT2D eigenvalue weighted by Gasteiger charge is 2.24. The molecule has 7 nitrogen and oxygen atoms in total. The predicted molar refractivity (Wildman–Crippen MR) is 130 cm³/mol. The molecule has 1 fully saturated rings. The van der Waals surface area contributed by atoms with E-state index in [2.05, 4.69) is 10.2 Å². The Labute approximate surface area is 196 Å². The van der Waals surface area contributed by atoms with Crippen molar-refractivity contribution >= 4 is 17.9 Å². The SMILES string of the molecule is CN(CCN1CCC(OC(=O)Nc2ccccc2-c2ccccc2)CC1)C(=O)OC(C)(C)C. The summed E-state index contributed by atoms with van der Waals surface area (Å²) in [7, 11) is 1.75. The summed E-state index contributed by atoms with van der Waals surface area (Å²) in [6.07, 6.45) is 0.678. The number of anilines is 1. The lowest BCUT2D eigenvalue weighted by molar-refractivity contribution is 0.0249. The first-order chi connectivity index (χ1) is 15.7. The van der Waals surface area contributed by atoms with Gasteiger partial charge >= 0.3 is 12.2 Å². The number of rotatable bonds is 6. The van der Waals surface area contributed by atoms with Gasteiger partial charge in [0, 0.05) is 38.8 Å². The van der Waals surface area contributed by atoms with Crippen molar-refractivity contribution in [2.45, 2.75) is 45.3 Å². The molecule has 1 heterocycles. The fraction of sp³-hybridized carbons (Fsp3) is 0.462. The van der Waals surface area contributed by atoms with Gasteiger partial charge in [0.25, 0.3) is 0 Å². The number of nitrogens with zero attached hydrogens (tertiary/aromatic N) is 2. The van der Waals surface area contributed by atoms with Crippen LogP contribution in [-0.4, -0.2) is 66.9 Å². The van der Waals surface area contributed by atoms with Crippen LogP contribution in [0, 0.1) is 0 Å². The fourth-order valence-electron chi connectivity index (χ4n) is 3.73. The lowest BCUT2D eigenvalue weighted by Crippen LogP contribution is -2.43. The molecule has 0 spiro atoms. The van der Waals surface area contributed by atoms with Crippen LogP contribution in [-0.2, 0) is 9.47 Å². The van der Waals surface area contributed by atoms with E-state index in [0.717, 1.165) is 49.3 Å². The summed E-state index contributed by atoms with van der Waals surface area (Å²) in [6.45, 7) is 8.58. The van der Waals surface area contributed by atoms with E-state index in [4.69, 9.17) is 9.47 Å². The summed E-state index contributed by atoms with van der Waals surface area (Å²) in [5.41, 5.74) is 2.23. The number of carbonyl (C=O) groups excluding carboxylic acids is 2. The molecular weight excluding hydrogens is 418 g/mol. The van der Waals surface area contributed by atoms with Crippen molar-refractivity contribution in [2.24, 2.45) is 0 Å². The maximum atomic E-state index is 12.5. The number of hydrogen-bond acceptors (Lipinski definition) is 5. The monoisotopic (exact) mass is 453 g/mol. The summed E-state index contributed by atoms with van der Waals surface area (Å²) in [5, 5.41) is 2.91. The Balaban J connectivity index is 1.43. The molecule has 178 valence electrons. The lowest BCUT2D eigenvalue weighted by atomic mass is 10.0. The van der Waals surface area contributed by atoms with Gasteiger partial charge in [-0.1, -0.05) is 48.5 Å². The first-order valence-electron chi connectivity index (χ1n) is 11.5. The number of para-hydroxylation sites is 1. The molecule has 0 radical (unpaired) electrons. The highest BCUT2D eigenvalue weighted by Crippen LogP contribution is 2.28. The van der Waals surface area contributed by atoms with Gasteiger partial charge in [-0.25, -0.2) is 9.59 Å². The van der Waals surface area contributed by atoms with E-state index in [1.54, 1.807) is 11.9 Å². The van der Waals surface area contributed by atoms with Gasteiger partial charge in [0.05, 0.1) is 5.69 Å². The Bertz CT molecular complexity index is 919. The third-order valence-corrected chi connectivity index (χ3v) is 5.51. The molecule has 0 aromatic heterocycles. The molecule has 33 heavy (non-hydrogen) atoms. The Morgan fingerprint density at radius 2 is 1.67 bits per heavy atom. The first kappa shape index (κ1) is 24.6. The number of piperidine rings is 1. The standard InChI is InChI=1S/C26H35N3O4/c1-26(2,3)33-25(31)28(4)18-19-29-16-14-21(15-17-29)32-24(30)27-23-13-9-8-12-22(23)20-10-6-5-7-11-20/h5-13,21H,14-19H2,1-4H3,(H,27,30). The van der Waals surface area contributed by atoms with Gasteiger partial charge in [0.15, 0.2) is 0 Å². The Hall–Kier alpha value is -3.06. The molecule has 1 aliphatic rings. The number of likely N-dealkylation sites (tertiary alicyclic amines) is 1. The van der Waals surface area contributed by atoms with Crippen LogP contribution in [0.1, 0.15) is 33.6 Å². The van der Waals surface area contributed by atoms with E-state index < -0.39 is 11.7 Å². The number of ether oxygens (including phenoxy) is 2. The van der Waals surface area contributed by atoms with Gasteiger partial charge in [0.1, 0.15) is 11.7 Å². The van der Waals surface area contributed by atoms with Crippen LogP contribution < -0.4 is 5.32 Å². The Kier molecular flexibility index (Phi) is 8.33. The maximum absolute atomic E-state index is 12.5. The third kappa shape index (κ3) is 7.79. The maximum Gasteiger partial charge on any atom is 0.411 e. The van der Waals surface area contributed by atoms with E-state index in [1.165, 1.54) is 0 Å². The molecule has 3 rings (SSSR count). The van der Waals surface area contributed by atoms with Crippen molar-refractivity contribution < 1.29 is 19.1 Å².